The molecule has 5 nitrogen and oxygen atoms in total. The van der Waals surface area contributed by atoms with Crippen LogP contribution in [0.5, 0.6) is 0 Å². The zero-order chi connectivity index (χ0) is 12.4. The third-order valence-electron chi connectivity index (χ3n) is 2.19. The minimum Gasteiger partial charge on any atom is -0.366 e. The van der Waals surface area contributed by atoms with E-state index in [-0.39, 0.29) is 5.84 Å². The molecule has 0 spiro atoms. The normalized spacial score (nSPS) is 19.0. The quantitative estimate of drug-likeness (QED) is 0.816. The molecule has 17 heavy (non-hydrogen) atoms. The molecule has 90 valence electrons. The Labute approximate surface area is 95.2 Å². The van der Waals surface area contributed by atoms with Gasteiger partial charge in [0.05, 0.1) is 0 Å². The maximum Gasteiger partial charge on any atom is 0.286 e. The summed E-state index contributed by atoms with van der Waals surface area (Å²) < 4.78 is 24.5. The lowest BCUT2D eigenvalue weighted by molar-refractivity contribution is -0.0602. The van der Waals surface area contributed by atoms with E-state index in [0.29, 0.717) is 11.1 Å². The van der Waals surface area contributed by atoms with Crippen LogP contribution in [-0.2, 0) is 4.84 Å². The second kappa shape index (κ2) is 4.46. The number of primary amides is 1. The largest absolute Gasteiger partial charge is 0.366 e. The van der Waals surface area contributed by atoms with Gasteiger partial charge in [-0.05, 0) is 12.1 Å². The minimum absolute atomic E-state index is 0.200. The maximum absolute atomic E-state index is 12.3. The first kappa shape index (κ1) is 11.5. The average Bonchev–Trinajstić information content (AvgIpc) is 2.78. The molecule has 0 bridgehead atoms. The third kappa shape index (κ3) is 2.39. The minimum atomic E-state index is -2.69. The molecule has 3 N–H and O–H groups in total. The molecule has 0 radical (unpaired) electrons. The predicted molar refractivity (Wildman–Crippen MR) is 55.5 cm³/mol. The smallest absolute Gasteiger partial charge is 0.286 e. The lowest BCUT2D eigenvalue weighted by Gasteiger charge is -2.02. The number of carbonyl (C=O) groups is 1. The van der Waals surface area contributed by atoms with Crippen LogP contribution in [0.2, 0.25) is 0 Å². The van der Waals surface area contributed by atoms with Gasteiger partial charge in [-0.2, -0.15) is 0 Å². The maximum atomic E-state index is 12.3. The fourth-order valence-electron chi connectivity index (χ4n) is 1.33. The number of alkyl halides is 2. The van der Waals surface area contributed by atoms with Crippen LogP contribution in [-0.4, -0.2) is 24.4 Å². The number of rotatable bonds is 3. The molecule has 1 unspecified atom stereocenters. The van der Waals surface area contributed by atoms with E-state index in [1.54, 1.807) is 12.1 Å². The van der Waals surface area contributed by atoms with Gasteiger partial charge in [0.25, 0.3) is 6.43 Å². The number of benzene rings is 1. The molecule has 0 aromatic heterocycles. The van der Waals surface area contributed by atoms with E-state index in [2.05, 4.69) is 15.3 Å². The van der Waals surface area contributed by atoms with Crippen molar-refractivity contribution in [3.8, 4) is 0 Å². The first-order valence-corrected chi connectivity index (χ1v) is 4.76. The molecule has 2 rings (SSSR count). The Morgan fingerprint density at radius 3 is 2.53 bits per heavy atom. The van der Waals surface area contributed by atoms with Gasteiger partial charge in [0.1, 0.15) is 0 Å². The monoisotopic (exact) mass is 241 g/mol. The van der Waals surface area contributed by atoms with Gasteiger partial charge >= 0.3 is 0 Å². The summed E-state index contributed by atoms with van der Waals surface area (Å²) in [7, 11) is 0. The number of carbonyl (C=O) groups excluding carboxylic acids is 1. The summed E-state index contributed by atoms with van der Waals surface area (Å²) in [5.41, 5.74) is 8.25. The van der Waals surface area contributed by atoms with Crippen LogP contribution in [0.15, 0.2) is 29.3 Å². The van der Waals surface area contributed by atoms with Crippen LogP contribution in [0.1, 0.15) is 15.9 Å². The zero-order valence-electron chi connectivity index (χ0n) is 8.56. The van der Waals surface area contributed by atoms with E-state index < -0.39 is 18.6 Å². The Morgan fingerprint density at radius 1 is 1.41 bits per heavy atom. The summed E-state index contributed by atoms with van der Waals surface area (Å²) >= 11 is 0. The summed E-state index contributed by atoms with van der Waals surface area (Å²) in [4.78, 5) is 19.0. The number of nitrogens with zero attached hydrogens (tertiary/aromatic N) is 1. The summed E-state index contributed by atoms with van der Waals surface area (Å²) in [6.07, 6.45) is -4.19. The Kier molecular flexibility index (Phi) is 3.01. The molecule has 1 atom stereocenters. The second-order valence-electron chi connectivity index (χ2n) is 3.36. The third-order valence-corrected chi connectivity index (χ3v) is 2.19. The number of halogens is 2. The molecule has 1 heterocycles. The van der Waals surface area contributed by atoms with Crippen molar-refractivity contribution in [1.82, 2.24) is 5.48 Å². The van der Waals surface area contributed by atoms with Gasteiger partial charge in [0.2, 0.25) is 12.1 Å². The predicted octanol–water partition coefficient (Wildman–Crippen LogP) is 0.658. The summed E-state index contributed by atoms with van der Waals surface area (Å²) in [6.45, 7) is 0. The van der Waals surface area contributed by atoms with Gasteiger partial charge in [-0.25, -0.2) is 24.1 Å². The molecule has 1 amide bonds. The van der Waals surface area contributed by atoms with Crippen molar-refractivity contribution in [1.29, 1.82) is 0 Å². The van der Waals surface area contributed by atoms with E-state index in [1.165, 1.54) is 12.1 Å². The number of nitrogens with one attached hydrogen (secondary N) is 1. The van der Waals surface area contributed by atoms with Crippen molar-refractivity contribution in [2.45, 2.75) is 12.7 Å². The van der Waals surface area contributed by atoms with Gasteiger partial charge < -0.3 is 5.73 Å². The Balaban J connectivity index is 2.19. The number of amides is 1. The standard InChI is InChI=1S/C10H9F2N3O2/c11-7(12)10-14-9(15-17-10)6-3-1-5(2-4-6)8(13)16/h1-4,7,10H,(H2,13,16)(H,14,15). The topological polar surface area (TPSA) is 76.7 Å². The molecular formula is C10H9F2N3O2. The lowest BCUT2D eigenvalue weighted by Crippen LogP contribution is -2.22. The van der Waals surface area contributed by atoms with E-state index in [0.717, 1.165) is 0 Å². The first-order valence-electron chi connectivity index (χ1n) is 4.76. The van der Waals surface area contributed by atoms with Crippen LogP contribution in [0.3, 0.4) is 0 Å². The molecular weight excluding hydrogens is 232 g/mol. The zero-order valence-corrected chi connectivity index (χ0v) is 8.56. The Hall–Kier alpha value is -2.02. The number of nitrogens with two attached hydrogens (primary N) is 1. The molecule has 7 heteroatoms. The molecule has 1 aliphatic heterocycles. The van der Waals surface area contributed by atoms with E-state index >= 15 is 0 Å². The molecule has 0 saturated carbocycles. The fraction of sp³-hybridized carbons (Fsp3) is 0.200. The van der Waals surface area contributed by atoms with Gasteiger partial charge in [-0.15, -0.1) is 0 Å². The summed E-state index contributed by atoms with van der Waals surface area (Å²) in [5.74, 6) is -0.356. The summed E-state index contributed by atoms with van der Waals surface area (Å²) in [5, 5.41) is 0. The van der Waals surface area contributed by atoms with E-state index in [4.69, 9.17) is 5.73 Å². The van der Waals surface area contributed by atoms with Crippen LogP contribution < -0.4 is 11.2 Å². The van der Waals surface area contributed by atoms with Crippen molar-refractivity contribution < 1.29 is 18.4 Å². The average molecular weight is 241 g/mol. The molecule has 0 aliphatic carbocycles. The Bertz CT molecular complexity index is 459. The van der Waals surface area contributed by atoms with E-state index in [1.807, 2.05) is 0 Å². The fourth-order valence-corrected chi connectivity index (χ4v) is 1.33. The van der Waals surface area contributed by atoms with Crippen LogP contribution in [0, 0.1) is 0 Å². The number of hydrogen-bond acceptors (Lipinski definition) is 4. The molecule has 0 saturated heterocycles. The highest BCUT2D eigenvalue weighted by Crippen LogP contribution is 2.14. The molecule has 1 aromatic carbocycles. The van der Waals surface area contributed by atoms with Crippen molar-refractivity contribution in [3.05, 3.63) is 35.4 Å². The SMILES string of the molecule is NC(=O)c1ccc(C2=NC(C(F)F)ON2)cc1. The van der Waals surface area contributed by atoms with Gasteiger partial charge in [-0.3, -0.25) is 4.79 Å². The summed E-state index contributed by atoms with van der Waals surface area (Å²) in [6, 6.07) is 6.06. The molecule has 1 aliphatic rings. The van der Waals surface area contributed by atoms with Gasteiger partial charge in [0, 0.05) is 11.1 Å². The van der Waals surface area contributed by atoms with Gasteiger partial charge in [0.15, 0.2) is 5.84 Å². The second-order valence-corrected chi connectivity index (χ2v) is 3.36. The van der Waals surface area contributed by atoms with E-state index in [9.17, 15) is 13.6 Å². The first-order chi connectivity index (χ1) is 8.08. The van der Waals surface area contributed by atoms with Gasteiger partial charge in [-0.1, -0.05) is 12.1 Å². The van der Waals surface area contributed by atoms with Crippen molar-refractivity contribution in [2.24, 2.45) is 10.7 Å². The highest BCUT2D eigenvalue weighted by molar-refractivity contribution is 6.00. The van der Waals surface area contributed by atoms with Crippen molar-refractivity contribution >= 4 is 11.7 Å². The van der Waals surface area contributed by atoms with Crippen LogP contribution >= 0.6 is 0 Å². The van der Waals surface area contributed by atoms with Crippen LogP contribution in [0.25, 0.3) is 0 Å². The Morgan fingerprint density at radius 2 is 2.06 bits per heavy atom. The van der Waals surface area contributed by atoms with Crippen molar-refractivity contribution in [3.63, 3.8) is 0 Å². The molecule has 0 fully saturated rings. The number of amidine groups is 1. The number of hydrogen-bond donors (Lipinski definition) is 2. The highest BCUT2D eigenvalue weighted by atomic mass is 19.3. The van der Waals surface area contributed by atoms with Crippen LogP contribution in [0.4, 0.5) is 8.78 Å². The number of hydroxylamine groups is 1. The highest BCUT2D eigenvalue weighted by Gasteiger charge is 2.27. The lowest BCUT2D eigenvalue weighted by atomic mass is 10.1. The number of aliphatic imine (C=N–C) groups is 1. The molecule has 1 aromatic rings. The van der Waals surface area contributed by atoms with Crippen molar-refractivity contribution in [2.75, 3.05) is 0 Å².